The Morgan fingerprint density at radius 2 is 1.84 bits per heavy atom. The highest BCUT2D eigenvalue weighted by Gasteiger charge is 2.43. The van der Waals surface area contributed by atoms with Gasteiger partial charge < -0.3 is 5.11 Å². The Bertz CT molecular complexity index is 454. The van der Waals surface area contributed by atoms with Crippen molar-refractivity contribution in [3.05, 3.63) is 28.0 Å². The summed E-state index contributed by atoms with van der Waals surface area (Å²) in [6, 6.07) is 0. The fourth-order valence-electron chi connectivity index (χ4n) is 2.47. The van der Waals surface area contributed by atoms with Gasteiger partial charge in [-0.25, -0.2) is 0 Å². The summed E-state index contributed by atoms with van der Waals surface area (Å²) in [6.07, 6.45) is 3.99. The minimum atomic E-state index is -0.630. The van der Waals surface area contributed by atoms with Crippen molar-refractivity contribution in [2.75, 3.05) is 13.1 Å². The van der Waals surface area contributed by atoms with Gasteiger partial charge in [-0.05, 0) is 13.3 Å². The number of rotatable bonds is 2. The molecule has 1 aliphatic heterocycles. The fourth-order valence-corrected chi connectivity index (χ4v) is 2.95. The molecule has 0 spiro atoms. The molecule has 1 saturated heterocycles. The lowest BCUT2D eigenvalue weighted by atomic mass is 9.71. The first-order valence-electron chi connectivity index (χ1n) is 6.45. The third kappa shape index (κ3) is 3.05. The molecular formula is C14H20Cl2N2O. The number of halogens is 2. The van der Waals surface area contributed by atoms with Gasteiger partial charge in [0.15, 0.2) is 0 Å². The number of hydrogen-bond donors (Lipinski definition) is 1. The maximum atomic E-state index is 10.4. The molecule has 1 N–H and O–H groups in total. The van der Waals surface area contributed by atoms with Crippen LogP contribution in [0.1, 0.15) is 32.8 Å². The van der Waals surface area contributed by atoms with Crippen molar-refractivity contribution in [1.82, 2.24) is 9.88 Å². The lowest BCUT2D eigenvalue weighted by Crippen LogP contribution is -2.55. The van der Waals surface area contributed by atoms with E-state index in [0.29, 0.717) is 16.6 Å². The largest absolute Gasteiger partial charge is 0.390 e. The van der Waals surface area contributed by atoms with Gasteiger partial charge in [0.2, 0.25) is 0 Å². The predicted octanol–water partition coefficient (Wildman–Crippen LogP) is 3.37. The van der Waals surface area contributed by atoms with Crippen LogP contribution in [0.25, 0.3) is 0 Å². The molecule has 2 rings (SSSR count). The van der Waals surface area contributed by atoms with E-state index in [1.165, 1.54) is 0 Å². The minimum absolute atomic E-state index is 0.156. The Kier molecular flexibility index (Phi) is 4.12. The van der Waals surface area contributed by atoms with Gasteiger partial charge in [-0.15, -0.1) is 0 Å². The van der Waals surface area contributed by atoms with E-state index < -0.39 is 5.60 Å². The molecule has 0 aromatic carbocycles. The van der Waals surface area contributed by atoms with Crippen molar-refractivity contribution in [3.63, 3.8) is 0 Å². The molecule has 0 amide bonds. The van der Waals surface area contributed by atoms with Gasteiger partial charge in [-0.1, -0.05) is 37.0 Å². The van der Waals surface area contributed by atoms with Gasteiger partial charge in [-0.2, -0.15) is 0 Å². The zero-order chi connectivity index (χ0) is 14.3. The molecule has 1 aliphatic rings. The second-order valence-electron chi connectivity index (χ2n) is 6.20. The van der Waals surface area contributed by atoms with E-state index >= 15 is 0 Å². The monoisotopic (exact) mass is 302 g/mol. The Hall–Kier alpha value is -0.350. The number of likely N-dealkylation sites (tertiary alicyclic amines) is 1. The zero-order valence-electron chi connectivity index (χ0n) is 11.6. The first-order chi connectivity index (χ1) is 8.73. The highest BCUT2D eigenvalue weighted by Crippen LogP contribution is 2.39. The van der Waals surface area contributed by atoms with E-state index in [4.69, 9.17) is 23.2 Å². The summed E-state index contributed by atoms with van der Waals surface area (Å²) in [6.45, 7) is 8.45. The third-order valence-corrected chi connectivity index (χ3v) is 4.98. The molecule has 0 radical (unpaired) electrons. The molecule has 1 aromatic heterocycles. The van der Waals surface area contributed by atoms with E-state index in [9.17, 15) is 5.11 Å². The van der Waals surface area contributed by atoms with Crippen molar-refractivity contribution in [3.8, 4) is 0 Å². The van der Waals surface area contributed by atoms with Gasteiger partial charge in [0.25, 0.3) is 0 Å². The third-order valence-electron chi connectivity index (χ3n) is 4.33. The van der Waals surface area contributed by atoms with Gasteiger partial charge in [0.05, 0.1) is 15.6 Å². The smallest absolute Gasteiger partial charge is 0.0694 e. The van der Waals surface area contributed by atoms with Crippen LogP contribution in [0, 0.1) is 5.41 Å². The van der Waals surface area contributed by atoms with E-state index in [2.05, 4.69) is 23.7 Å². The van der Waals surface area contributed by atoms with Gasteiger partial charge in [0, 0.05) is 43.0 Å². The second-order valence-corrected chi connectivity index (χ2v) is 7.01. The molecule has 2 heterocycles. The first kappa shape index (κ1) is 15.0. The summed E-state index contributed by atoms with van der Waals surface area (Å²) in [7, 11) is 0. The van der Waals surface area contributed by atoms with Crippen LogP contribution in [-0.2, 0) is 6.54 Å². The molecule has 106 valence electrons. The van der Waals surface area contributed by atoms with Crippen molar-refractivity contribution in [2.24, 2.45) is 5.41 Å². The minimum Gasteiger partial charge on any atom is -0.390 e. The van der Waals surface area contributed by atoms with Crippen LogP contribution >= 0.6 is 23.2 Å². The summed E-state index contributed by atoms with van der Waals surface area (Å²) in [5.74, 6) is 0. The highest BCUT2D eigenvalue weighted by molar-refractivity contribution is 6.35. The van der Waals surface area contributed by atoms with Crippen LogP contribution in [0.2, 0.25) is 10.0 Å². The quantitative estimate of drug-likeness (QED) is 0.910. The summed E-state index contributed by atoms with van der Waals surface area (Å²) >= 11 is 12.3. The standard InChI is InChI=1S/C14H20Cl2N2O/c1-13(2)9-18(5-4-14(13,3)19)8-10-11(15)6-17-7-12(10)16/h6-7,19H,4-5,8-9H2,1-3H3/t14-/m0/s1. The lowest BCUT2D eigenvalue weighted by molar-refractivity contribution is -0.107. The normalized spacial score (nSPS) is 27.5. The van der Waals surface area contributed by atoms with Gasteiger partial charge in [0.1, 0.15) is 0 Å². The van der Waals surface area contributed by atoms with Crippen molar-refractivity contribution in [2.45, 2.75) is 39.3 Å². The average Bonchev–Trinajstić information content (AvgIpc) is 2.29. The van der Waals surface area contributed by atoms with E-state index in [1.807, 2.05) is 6.92 Å². The molecule has 0 aliphatic carbocycles. The maximum absolute atomic E-state index is 10.4. The first-order valence-corrected chi connectivity index (χ1v) is 7.21. The van der Waals surface area contributed by atoms with Gasteiger partial charge in [-0.3, -0.25) is 9.88 Å². The zero-order valence-corrected chi connectivity index (χ0v) is 13.1. The number of aromatic nitrogens is 1. The van der Waals surface area contributed by atoms with Crippen LogP contribution in [-0.4, -0.2) is 33.7 Å². The molecule has 1 atom stereocenters. The maximum Gasteiger partial charge on any atom is 0.0694 e. The van der Waals surface area contributed by atoms with Crippen molar-refractivity contribution in [1.29, 1.82) is 0 Å². The van der Waals surface area contributed by atoms with Crippen LogP contribution in [0.3, 0.4) is 0 Å². The van der Waals surface area contributed by atoms with Gasteiger partial charge >= 0.3 is 0 Å². The van der Waals surface area contributed by atoms with Crippen molar-refractivity contribution < 1.29 is 5.11 Å². The van der Waals surface area contributed by atoms with Crippen molar-refractivity contribution >= 4 is 23.2 Å². The SMILES string of the molecule is CC1(C)CN(Cc2c(Cl)cncc2Cl)CC[C@]1(C)O. The summed E-state index contributed by atoms with van der Waals surface area (Å²) in [5.41, 5.74) is 0.128. The van der Waals surface area contributed by atoms with E-state index in [1.54, 1.807) is 12.4 Å². The fraction of sp³-hybridized carbons (Fsp3) is 0.643. The topological polar surface area (TPSA) is 36.4 Å². The van der Waals surface area contributed by atoms with Crippen LogP contribution in [0.15, 0.2) is 12.4 Å². The Morgan fingerprint density at radius 1 is 1.26 bits per heavy atom. The molecule has 19 heavy (non-hydrogen) atoms. The van der Waals surface area contributed by atoms with E-state index in [-0.39, 0.29) is 5.41 Å². The summed E-state index contributed by atoms with van der Waals surface area (Å²) in [4.78, 5) is 6.25. The summed E-state index contributed by atoms with van der Waals surface area (Å²) in [5, 5.41) is 11.6. The summed E-state index contributed by atoms with van der Waals surface area (Å²) < 4.78 is 0. The Labute approximate surface area is 124 Å². The molecule has 1 fully saturated rings. The molecular weight excluding hydrogens is 283 g/mol. The molecule has 1 aromatic rings. The van der Waals surface area contributed by atoms with Crippen LogP contribution in [0.5, 0.6) is 0 Å². The predicted molar refractivity (Wildman–Crippen MR) is 78.6 cm³/mol. The van der Waals surface area contributed by atoms with Crippen LogP contribution < -0.4 is 0 Å². The molecule has 0 unspecified atom stereocenters. The number of pyridine rings is 1. The Balaban J connectivity index is 2.14. The number of piperidine rings is 1. The molecule has 5 heteroatoms. The number of nitrogens with zero attached hydrogens (tertiary/aromatic N) is 2. The number of aliphatic hydroxyl groups is 1. The Morgan fingerprint density at radius 3 is 2.37 bits per heavy atom. The molecule has 0 saturated carbocycles. The number of hydrogen-bond acceptors (Lipinski definition) is 3. The van der Waals surface area contributed by atoms with Crippen LogP contribution in [0.4, 0.5) is 0 Å². The molecule has 3 nitrogen and oxygen atoms in total. The van der Waals surface area contributed by atoms with E-state index in [0.717, 1.165) is 25.1 Å². The highest BCUT2D eigenvalue weighted by atomic mass is 35.5. The second kappa shape index (κ2) is 5.21. The lowest BCUT2D eigenvalue weighted by Gasteiger charge is -2.48. The molecule has 0 bridgehead atoms. The average molecular weight is 303 g/mol.